The molecule has 88 valence electrons. The average molecular weight is 332 g/mol. The Hall–Kier alpha value is -0.840. The summed E-state index contributed by atoms with van der Waals surface area (Å²) < 4.78 is 6.67. The Morgan fingerprint density at radius 2 is 2.12 bits per heavy atom. The topological polar surface area (TPSA) is 26.3 Å². The van der Waals surface area contributed by atoms with Crippen LogP contribution < -0.4 is 4.74 Å². The summed E-state index contributed by atoms with van der Waals surface area (Å²) in [6.07, 6.45) is 0. The maximum Gasteiger partial charge on any atom is 0.206 e. The van der Waals surface area contributed by atoms with Crippen molar-refractivity contribution in [2.75, 3.05) is 7.11 Å². The van der Waals surface area contributed by atoms with Gasteiger partial charge in [-0.3, -0.25) is 4.79 Å². The highest BCUT2D eigenvalue weighted by molar-refractivity contribution is 9.10. The van der Waals surface area contributed by atoms with Crippen molar-refractivity contribution in [1.29, 1.82) is 0 Å². The number of hydrogen-bond acceptors (Lipinski definition) is 3. The number of benzene rings is 1. The summed E-state index contributed by atoms with van der Waals surface area (Å²) in [7, 11) is 1.54. The molecule has 0 aliphatic carbocycles. The minimum Gasteiger partial charge on any atom is -0.496 e. The SMILES string of the molecule is COc1cc(Br)ccc1C(=O)c1ccc(Cl)s1. The maximum atomic E-state index is 12.2. The summed E-state index contributed by atoms with van der Waals surface area (Å²) in [5.74, 6) is 0.472. The standard InChI is InChI=1S/C12H8BrClO2S/c1-16-9-6-7(13)2-3-8(9)12(15)10-4-5-11(14)17-10/h2-6H,1H3. The molecule has 2 nitrogen and oxygen atoms in total. The quantitative estimate of drug-likeness (QED) is 0.779. The molecule has 0 fully saturated rings. The zero-order valence-electron chi connectivity index (χ0n) is 8.87. The van der Waals surface area contributed by atoms with Gasteiger partial charge in [0, 0.05) is 4.47 Å². The first-order valence-electron chi connectivity index (χ1n) is 4.75. The molecular formula is C12H8BrClO2S. The van der Waals surface area contributed by atoms with Gasteiger partial charge in [0.05, 0.1) is 21.9 Å². The molecule has 0 unspecified atom stereocenters. The van der Waals surface area contributed by atoms with E-state index in [0.29, 0.717) is 20.5 Å². The molecular weight excluding hydrogens is 324 g/mol. The third-order valence-electron chi connectivity index (χ3n) is 2.21. The molecule has 0 bridgehead atoms. The molecule has 0 N–H and O–H groups in total. The van der Waals surface area contributed by atoms with Crippen LogP contribution in [-0.4, -0.2) is 12.9 Å². The lowest BCUT2D eigenvalue weighted by Crippen LogP contribution is -2.01. The third-order valence-corrected chi connectivity index (χ3v) is 3.93. The van der Waals surface area contributed by atoms with Gasteiger partial charge in [-0.1, -0.05) is 27.5 Å². The normalized spacial score (nSPS) is 10.3. The number of ketones is 1. The second-order valence-electron chi connectivity index (χ2n) is 3.28. The number of ether oxygens (including phenoxy) is 1. The Balaban J connectivity index is 2.43. The number of carbonyl (C=O) groups is 1. The molecule has 0 spiro atoms. The molecule has 2 aromatic rings. The smallest absolute Gasteiger partial charge is 0.206 e. The van der Waals surface area contributed by atoms with Gasteiger partial charge in [0.15, 0.2) is 0 Å². The van der Waals surface area contributed by atoms with Gasteiger partial charge in [-0.25, -0.2) is 0 Å². The molecule has 2 rings (SSSR count). The minimum atomic E-state index is -0.0775. The lowest BCUT2D eigenvalue weighted by atomic mass is 10.1. The van der Waals surface area contributed by atoms with E-state index in [9.17, 15) is 4.79 Å². The van der Waals surface area contributed by atoms with Crippen LogP contribution >= 0.6 is 38.9 Å². The highest BCUT2D eigenvalue weighted by Gasteiger charge is 2.16. The molecule has 1 heterocycles. The molecule has 1 aromatic heterocycles. The molecule has 0 saturated carbocycles. The van der Waals surface area contributed by atoms with Crippen LogP contribution in [0.1, 0.15) is 15.2 Å². The van der Waals surface area contributed by atoms with Crippen LogP contribution in [0.3, 0.4) is 0 Å². The Bertz CT molecular complexity index is 565. The molecule has 0 aliphatic rings. The first-order valence-corrected chi connectivity index (χ1v) is 6.74. The van der Waals surface area contributed by atoms with Gasteiger partial charge in [0.2, 0.25) is 5.78 Å². The molecule has 0 aliphatic heterocycles. The van der Waals surface area contributed by atoms with Crippen LogP contribution in [0.4, 0.5) is 0 Å². The van der Waals surface area contributed by atoms with Gasteiger partial charge in [-0.05, 0) is 30.3 Å². The van der Waals surface area contributed by atoms with Crippen molar-refractivity contribution in [3.05, 3.63) is 49.6 Å². The van der Waals surface area contributed by atoms with Crippen molar-refractivity contribution in [3.8, 4) is 5.75 Å². The van der Waals surface area contributed by atoms with Gasteiger partial charge >= 0.3 is 0 Å². The lowest BCUT2D eigenvalue weighted by molar-refractivity contribution is 0.103. The molecule has 0 atom stereocenters. The Morgan fingerprint density at radius 3 is 2.71 bits per heavy atom. The van der Waals surface area contributed by atoms with E-state index in [1.165, 1.54) is 11.3 Å². The van der Waals surface area contributed by atoms with Gasteiger partial charge in [-0.2, -0.15) is 0 Å². The average Bonchev–Trinajstić information content (AvgIpc) is 2.75. The van der Waals surface area contributed by atoms with Crippen LogP contribution in [0.25, 0.3) is 0 Å². The molecule has 5 heteroatoms. The van der Waals surface area contributed by atoms with Crippen LogP contribution in [-0.2, 0) is 0 Å². The van der Waals surface area contributed by atoms with E-state index in [0.717, 1.165) is 4.47 Å². The predicted octanol–water partition coefficient (Wildman–Crippen LogP) is 4.40. The first-order chi connectivity index (χ1) is 8.11. The summed E-state index contributed by atoms with van der Waals surface area (Å²) in [5.41, 5.74) is 0.536. The fraction of sp³-hybridized carbons (Fsp3) is 0.0833. The van der Waals surface area contributed by atoms with Crippen molar-refractivity contribution >= 4 is 44.7 Å². The fourth-order valence-electron chi connectivity index (χ4n) is 1.42. The Kier molecular flexibility index (Phi) is 3.86. The van der Waals surface area contributed by atoms with Crippen LogP contribution in [0, 0.1) is 0 Å². The number of thiophene rings is 1. The molecule has 0 saturated heterocycles. The van der Waals surface area contributed by atoms with Crippen molar-refractivity contribution in [3.63, 3.8) is 0 Å². The van der Waals surface area contributed by atoms with Crippen LogP contribution in [0.2, 0.25) is 4.34 Å². The number of hydrogen-bond donors (Lipinski definition) is 0. The van der Waals surface area contributed by atoms with E-state index < -0.39 is 0 Å². The zero-order valence-corrected chi connectivity index (χ0v) is 12.0. The third kappa shape index (κ3) is 2.70. The number of halogens is 2. The van der Waals surface area contributed by atoms with Crippen molar-refractivity contribution in [1.82, 2.24) is 0 Å². The van der Waals surface area contributed by atoms with Crippen molar-refractivity contribution in [2.24, 2.45) is 0 Å². The highest BCUT2D eigenvalue weighted by Crippen LogP contribution is 2.29. The van der Waals surface area contributed by atoms with Gasteiger partial charge in [0.1, 0.15) is 5.75 Å². The Labute approximate surface area is 116 Å². The molecule has 0 radical (unpaired) electrons. The highest BCUT2D eigenvalue weighted by atomic mass is 79.9. The lowest BCUT2D eigenvalue weighted by Gasteiger charge is -2.06. The van der Waals surface area contributed by atoms with Crippen LogP contribution in [0.15, 0.2) is 34.8 Å². The van der Waals surface area contributed by atoms with Gasteiger partial charge in [-0.15, -0.1) is 11.3 Å². The molecule has 1 aromatic carbocycles. The summed E-state index contributed by atoms with van der Waals surface area (Å²) in [4.78, 5) is 12.8. The molecule has 17 heavy (non-hydrogen) atoms. The predicted molar refractivity (Wildman–Crippen MR) is 73.5 cm³/mol. The zero-order chi connectivity index (χ0) is 12.4. The fourth-order valence-corrected chi connectivity index (χ4v) is 2.76. The minimum absolute atomic E-state index is 0.0775. The van der Waals surface area contributed by atoms with E-state index >= 15 is 0 Å². The van der Waals surface area contributed by atoms with Gasteiger partial charge < -0.3 is 4.74 Å². The largest absolute Gasteiger partial charge is 0.496 e. The summed E-state index contributed by atoms with van der Waals surface area (Å²) in [6, 6.07) is 8.74. The second-order valence-corrected chi connectivity index (χ2v) is 5.91. The van der Waals surface area contributed by atoms with E-state index in [-0.39, 0.29) is 5.78 Å². The summed E-state index contributed by atoms with van der Waals surface area (Å²) in [5, 5.41) is 0. The second kappa shape index (κ2) is 5.21. The number of methoxy groups -OCH3 is 1. The first kappa shape index (κ1) is 12.6. The number of carbonyl (C=O) groups excluding carboxylic acids is 1. The van der Waals surface area contributed by atoms with Gasteiger partial charge in [0.25, 0.3) is 0 Å². The molecule has 0 amide bonds. The monoisotopic (exact) mass is 330 g/mol. The van der Waals surface area contributed by atoms with E-state index in [1.807, 2.05) is 6.07 Å². The van der Waals surface area contributed by atoms with E-state index in [4.69, 9.17) is 16.3 Å². The van der Waals surface area contributed by atoms with Crippen molar-refractivity contribution < 1.29 is 9.53 Å². The van der Waals surface area contributed by atoms with E-state index in [2.05, 4.69) is 15.9 Å². The summed E-state index contributed by atoms with van der Waals surface area (Å²) >= 11 is 10.4. The maximum absolute atomic E-state index is 12.2. The van der Waals surface area contributed by atoms with E-state index in [1.54, 1.807) is 31.4 Å². The number of rotatable bonds is 3. The van der Waals surface area contributed by atoms with Crippen molar-refractivity contribution in [2.45, 2.75) is 0 Å². The summed E-state index contributed by atoms with van der Waals surface area (Å²) in [6.45, 7) is 0. The van der Waals surface area contributed by atoms with Crippen LogP contribution in [0.5, 0.6) is 5.75 Å². The Morgan fingerprint density at radius 1 is 1.35 bits per heavy atom.